The fourth-order valence-corrected chi connectivity index (χ4v) is 1.76. The molecule has 0 fully saturated rings. The lowest BCUT2D eigenvalue weighted by molar-refractivity contribution is 0.0239. The zero-order valence-electron chi connectivity index (χ0n) is 11.3. The normalized spacial score (nSPS) is 12.6. The van der Waals surface area contributed by atoms with Crippen LogP contribution < -0.4 is 4.74 Å². The van der Waals surface area contributed by atoms with Crippen LogP contribution in [0.25, 0.3) is 0 Å². The van der Waals surface area contributed by atoms with Crippen molar-refractivity contribution in [2.24, 2.45) is 0 Å². The van der Waals surface area contributed by atoms with Crippen molar-refractivity contribution in [3.8, 4) is 5.75 Å². The van der Waals surface area contributed by atoms with Crippen LogP contribution in [0.1, 0.15) is 36.2 Å². The van der Waals surface area contributed by atoms with Gasteiger partial charge < -0.3 is 14.9 Å². The molecule has 0 spiro atoms. The highest BCUT2D eigenvalue weighted by Gasteiger charge is 2.11. The molecule has 0 aliphatic heterocycles. The minimum Gasteiger partial charge on any atom is -0.461 e. The van der Waals surface area contributed by atoms with Gasteiger partial charge in [-0.25, -0.2) is 0 Å². The van der Waals surface area contributed by atoms with E-state index in [2.05, 4.69) is 0 Å². The Labute approximate surface area is 113 Å². The quantitative estimate of drug-likeness (QED) is 0.449. The van der Waals surface area contributed by atoms with Crippen molar-refractivity contribution in [1.82, 2.24) is 0 Å². The first-order valence-electron chi connectivity index (χ1n) is 6.36. The molecule has 0 saturated carbocycles. The number of aliphatic hydroxyl groups is 2. The Morgan fingerprint density at radius 3 is 2.79 bits per heavy atom. The molecule has 4 heteroatoms. The summed E-state index contributed by atoms with van der Waals surface area (Å²) in [5.74, 6) is 0.236. The van der Waals surface area contributed by atoms with E-state index in [4.69, 9.17) is 9.84 Å². The first-order valence-corrected chi connectivity index (χ1v) is 6.36. The molecule has 1 rings (SSSR count). The van der Waals surface area contributed by atoms with Crippen molar-refractivity contribution in [3.05, 3.63) is 41.5 Å². The molecule has 4 nitrogen and oxygen atoms in total. The molecule has 0 radical (unpaired) electrons. The number of carbonyl (C=O) groups excluding carboxylic acids is 1. The van der Waals surface area contributed by atoms with Gasteiger partial charge in [-0.3, -0.25) is 4.79 Å². The number of hydrogen-bond donors (Lipinski definition) is 2. The fourth-order valence-electron chi connectivity index (χ4n) is 1.76. The molecule has 0 saturated heterocycles. The molecule has 2 N–H and O–H groups in total. The predicted molar refractivity (Wildman–Crippen MR) is 73.3 cm³/mol. The summed E-state index contributed by atoms with van der Waals surface area (Å²) in [6, 6.07) is 4.95. The topological polar surface area (TPSA) is 66.8 Å². The van der Waals surface area contributed by atoms with Crippen molar-refractivity contribution in [3.63, 3.8) is 0 Å². The van der Waals surface area contributed by atoms with E-state index in [-0.39, 0.29) is 5.78 Å². The van der Waals surface area contributed by atoms with Gasteiger partial charge in [-0.15, -0.1) is 0 Å². The van der Waals surface area contributed by atoms with Gasteiger partial charge in [0.2, 0.25) is 6.29 Å². The van der Waals surface area contributed by atoms with E-state index in [1.165, 1.54) is 6.08 Å². The first kappa shape index (κ1) is 15.4. The van der Waals surface area contributed by atoms with E-state index in [9.17, 15) is 9.90 Å². The summed E-state index contributed by atoms with van der Waals surface area (Å²) in [6.45, 7) is 3.31. The fraction of sp³-hybridized carbons (Fsp3) is 0.400. The Morgan fingerprint density at radius 1 is 1.47 bits per heavy atom. The number of aryl methyl sites for hydroxylation is 1. The molecule has 0 aromatic heterocycles. The summed E-state index contributed by atoms with van der Waals surface area (Å²) in [7, 11) is 0. The first-order chi connectivity index (χ1) is 9.12. The molecule has 1 atom stereocenters. The van der Waals surface area contributed by atoms with Crippen molar-refractivity contribution in [1.29, 1.82) is 0 Å². The lowest BCUT2D eigenvalue weighted by atomic mass is 10.0. The maximum atomic E-state index is 11.5. The number of hydrogen-bond acceptors (Lipinski definition) is 4. The smallest absolute Gasteiger partial charge is 0.217 e. The molecule has 19 heavy (non-hydrogen) atoms. The standard InChI is InChI=1S/C15H20O4/c1-3-5-12-9-11(13(17)10-16)7-8-14(12)19-15(18)6-4-2/h4,6-9,15-16,18H,3,5,10H2,1-2H3/b6-4+. The largest absolute Gasteiger partial charge is 0.461 e. The van der Waals surface area contributed by atoms with Crippen LogP contribution in [-0.2, 0) is 6.42 Å². The van der Waals surface area contributed by atoms with Crippen LogP contribution in [0, 0.1) is 0 Å². The lowest BCUT2D eigenvalue weighted by Gasteiger charge is -2.14. The van der Waals surface area contributed by atoms with E-state index in [0.717, 1.165) is 18.4 Å². The number of rotatable bonds is 7. The zero-order valence-corrected chi connectivity index (χ0v) is 11.3. The Bertz CT molecular complexity index is 451. The average Bonchev–Trinajstić information content (AvgIpc) is 2.40. The average molecular weight is 264 g/mol. The van der Waals surface area contributed by atoms with Gasteiger partial charge in [0.1, 0.15) is 12.4 Å². The molecule has 1 aromatic carbocycles. The van der Waals surface area contributed by atoms with E-state index >= 15 is 0 Å². The van der Waals surface area contributed by atoms with E-state index < -0.39 is 12.9 Å². The summed E-state index contributed by atoms with van der Waals surface area (Å²) in [6.07, 6.45) is 3.87. The number of Topliss-reactive ketones (excluding diaryl/α,β-unsaturated/α-hetero) is 1. The van der Waals surface area contributed by atoms with Crippen LogP contribution >= 0.6 is 0 Å². The van der Waals surface area contributed by atoms with Crippen LogP contribution in [0.5, 0.6) is 5.75 Å². The highest BCUT2D eigenvalue weighted by atomic mass is 16.6. The SMILES string of the molecule is C/C=C/C(O)Oc1ccc(C(=O)CO)cc1CCC. The third kappa shape index (κ3) is 4.50. The van der Waals surface area contributed by atoms with Gasteiger partial charge in [-0.1, -0.05) is 19.4 Å². The van der Waals surface area contributed by atoms with Gasteiger partial charge in [-0.2, -0.15) is 0 Å². The van der Waals surface area contributed by atoms with E-state index in [0.29, 0.717) is 11.3 Å². The maximum Gasteiger partial charge on any atom is 0.217 e. The third-order valence-corrected chi connectivity index (χ3v) is 2.65. The highest BCUT2D eigenvalue weighted by Crippen LogP contribution is 2.23. The maximum absolute atomic E-state index is 11.5. The molecule has 0 heterocycles. The van der Waals surface area contributed by atoms with Crippen LogP contribution in [0.4, 0.5) is 0 Å². The predicted octanol–water partition coefficient (Wildman–Crippen LogP) is 2.09. The minimum absolute atomic E-state index is 0.321. The van der Waals surface area contributed by atoms with Crippen LogP contribution in [0.15, 0.2) is 30.4 Å². The number of carbonyl (C=O) groups is 1. The second kappa shape index (κ2) is 7.71. The third-order valence-electron chi connectivity index (χ3n) is 2.65. The van der Waals surface area contributed by atoms with E-state index in [1.807, 2.05) is 6.92 Å². The van der Waals surface area contributed by atoms with Crippen molar-refractivity contribution in [2.75, 3.05) is 6.61 Å². The van der Waals surface area contributed by atoms with E-state index in [1.54, 1.807) is 31.2 Å². The van der Waals surface area contributed by atoms with Crippen molar-refractivity contribution in [2.45, 2.75) is 33.0 Å². The molecule has 1 aromatic rings. The van der Waals surface area contributed by atoms with Crippen LogP contribution in [-0.4, -0.2) is 28.9 Å². The second-order valence-corrected chi connectivity index (χ2v) is 4.19. The van der Waals surface area contributed by atoms with Gasteiger partial charge in [0.15, 0.2) is 5.78 Å². The Hall–Kier alpha value is -1.65. The number of benzene rings is 1. The molecule has 104 valence electrons. The Kier molecular flexibility index (Phi) is 6.25. The highest BCUT2D eigenvalue weighted by molar-refractivity contribution is 5.97. The molecule has 0 bridgehead atoms. The zero-order chi connectivity index (χ0) is 14.3. The summed E-state index contributed by atoms with van der Waals surface area (Å²) >= 11 is 0. The second-order valence-electron chi connectivity index (χ2n) is 4.19. The molecule has 0 amide bonds. The molecule has 0 aliphatic rings. The summed E-state index contributed by atoms with van der Waals surface area (Å²) in [5, 5.41) is 18.5. The number of ketones is 1. The monoisotopic (exact) mass is 264 g/mol. The summed E-state index contributed by atoms with van der Waals surface area (Å²) < 4.78 is 5.40. The number of ether oxygens (including phenoxy) is 1. The number of allylic oxidation sites excluding steroid dienone is 1. The van der Waals surface area contributed by atoms with Gasteiger partial charge in [0, 0.05) is 5.56 Å². The molecular formula is C15H20O4. The van der Waals surface area contributed by atoms with Crippen LogP contribution in [0.2, 0.25) is 0 Å². The minimum atomic E-state index is -1.00. The molecular weight excluding hydrogens is 244 g/mol. The lowest BCUT2D eigenvalue weighted by Crippen LogP contribution is -2.13. The van der Waals surface area contributed by atoms with Crippen molar-refractivity contribution >= 4 is 5.78 Å². The molecule has 0 aliphatic carbocycles. The molecule has 1 unspecified atom stereocenters. The Morgan fingerprint density at radius 2 is 2.21 bits per heavy atom. The van der Waals surface area contributed by atoms with Crippen molar-refractivity contribution < 1.29 is 19.7 Å². The number of aliphatic hydroxyl groups excluding tert-OH is 2. The van der Waals surface area contributed by atoms with Gasteiger partial charge in [0.05, 0.1) is 0 Å². The van der Waals surface area contributed by atoms with Gasteiger partial charge in [0.25, 0.3) is 0 Å². The summed E-state index contributed by atoms with van der Waals surface area (Å²) in [5.41, 5.74) is 1.31. The Balaban J connectivity index is 3.00. The van der Waals surface area contributed by atoms with Gasteiger partial charge in [-0.05, 0) is 43.2 Å². The summed E-state index contributed by atoms with van der Waals surface area (Å²) in [4.78, 5) is 11.5. The van der Waals surface area contributed by atoms with Crippen LogP contribution in [0.3, 0.4) is 0 Å². The van der Waals surface area contributed by atoms with Gasteiger partial charge >= 0.3 is 0 Å².